The van der Waals surface area contributed by atoms with Gasteiger partial charge in [-0.05, 0) is 19.1 Å². The van der Waals surface area contributed by atoms with Crippen LogP contribution < -0.4 is 4.74 Å². The highest BCUT2D eigenvalue weighted by Gasteiger charge is 2.28. The van der Waals surface area contributed by atoms with Crippen LogP contribution in [0.3, 0.4) is 0 Å². The lowest BCUT2D eigenvalue weighted by Crippen LogP contribution is -2.21. The number of rotatable bonds is 2. The Morgan fingerprint density at radius 2 is 2.07 bits per heavy atom. The lowest BCUT2D eigenvalue weighted by atomic mass is 10.2. The molecule has 0 aliphatic carbocycles. The van der Waals surface area contributed by atoms with Crippen LogP contribution >= 0.6 is 0 Å². The van der Waals surface area contributed by atoms with E-state index < -0.39 is 6.10 Å². The minimum Gasteiger partial charge on any atom is -0.479 e. The molecule has 0 spiro atoms. The van der Waals surface area contributed by atoms with Gasteiger partial charge in [-0.3, -0.25) is 0 Å². The Morgan fingerprint density at radius 3 is 2.64 bits per heavy atom. The van der Waals surface area contributed by atoms with E-state index in [2.05, 4.69) is 0 Å². The molecule has 0 bridgehead atoms. The van der Waals surface area contributed by atoms with Crippen molar-refractivity contribution in [1.82, 2.24) is 0 Å². The van der Waals surface area contributed by atoms with Crippen LogP contribution in [0.4, 0.5) is 0 Å². The molecular weight excluding hydrogens is 180 g/mol. The number of benzene rings is 1. The van der Waals surface area contributed by atoms with Gasteiger partial charge in [0.1, 0.15) is 5.75 Å². The fourth-order valence-electron chi connectivity index (χ4n) is 1.37. The molecule has 0 saturated carbocycles. The average Bonchev–Trinajstić information content (AvgIpc) is 2.56. The number of cyclic esters (lactones) is 1. The third-order valence-electron chi connectivity index (χ3n) is 2.19. The number of esters is 1. The SMILES string of the molecule is Cc1ccc(O[C@H]2CCOC2=O)cc1. The second kappa shape index (κ2) is 3.70. The van der Waals surface area contributed by atoms with E-state index in [1.54, 1.807) is 0 Å². The highest BCUT2D eigenvalue weighted by molar-refractivity contribution is 5.76. The Balaban J connectivity index is 2.03. The van der Waals surface area contributed by atoms with Crippen LogP contribution in [0.5, 0.6) is 5.75 Å². The Hall–Kier alpha value is -1.51. The van der Waals surface area contributed by atoms with Gasteiger partial charge in [-0.15, -0.1) is 0 Å². The van der Waals surface area contributed by atoms with Gasteiger partial charge in [-0.25, -0.2) is 4.79 Å². The number of hydrogen-bond acceptors (Lipinski definition) is 3. The molecule has 2 rings (SSSR count). The predicted molar refractivity (Wildman–Crippen MR) is 51.2 cm³/mol. The van der Waals surface area contributed by atoms with Gasteiger partial charge in [0.2, 0.25) is 0 Å². The summed E-state index contributed by atoms with van der Waals surface area (Å²) in [6.45, 7) is 2.48. The summed E-state index contributed by atoms with van der Waals surface area (Å²) in [7, 11) is 0. The van der Waals surface area contributed by atoms with Gasteiger partial charge >= 0.3 is 5.97 Å². The fourth-order valence-corrected chi connectivity index (χ4v) is 1.37. The number of hydrogen-bond donors (Lipinski definition) is 0. The van der Waals surface area contributed by atoms with E-state index in [4.69, 9.17) is 9.47 Å². The Kier molecular flexibility index (Phi) is 2.39. The maximum atomic E-state index is 11.1. The molecule has 1 atom stereocenters. The van der Waals surface area contributed by atoms with Crippen molar-refractivity contribution in [2.24, 2.45) is 0 Å². The van der Waals surface area contributed by atoms with Crippen LogP contribution in [0.25, 0.3) is 0 Å². The van der Waals surface area contributed by atoms with Gasteiger partial charge in [0.05, 0.1) is 6.61 Å². The monoisotopic (exact) mass is 192 g/mol. The highest BCUT2D eigenvalue weighted by atomic mass is 16.6. The van der Waals surface area contributed by atoms with Crippen LogP contribution in [0, 0.1) is 6.92 Å². The molecule has 1 heterocycles. The molecule has 14 heavy (non-hydrogen) atoms. The van der Waals surface area contributed by atoms with Crippen LogP contribution in [-0.2, 0) is 9.53 Å². The van der Waals surface area contributed by atoms with Crippen molar-refractivity contribution in [1.29, 1.82) is 0 Å². The Morgan fingerprint density at radius 1 is 1.36 bits per heavy atom. The zero-order chi connectivity index (χ0) is 9.97. The number of ether oxygens (including phenoxy) is 2. The summed E-state index contributed by atoms with van der Waals surface area (Å²) in [5.74, 6) is 0.463. The molecule has 0 amide bonds. The van der Waals surface area contributed by atoms with Crippen molar-refractivity contribution < 1.29 is 14.3 Å². The maximum absolute atomic E-state index is 11.1. The van der Waals surface area contributed by atoms with Crippen molar-refractivity contribution in [3.63, 3.8) is 0 Å². The molecule has 0 radical (unpaired) electrons. The summed E-state index contributed by atoms with van der Waals surface area (Å²) in [5, 5.41) is 0. The molecule has 0 N–H and O–H groups in total. The third-order valence-corrected chi connectivity index (χ3v) is 2.19. The first kappa shape index (κ1) is 9.06. The molecule has 1 aliphatic rings. The van der Waals surface area contributed by atoms with E-state index in [1.807, 2.05) is 31.2 Å². The van der Waals surface area contributed by atoms with Gasteiger partial charge in [-0.2, -0.15) is 0 Å². The van der Waals surface area contributed by atoms with E-state index in [0.717, 1.165) is 5.75 Å². The molecule has 1 aromatic rings. The van der Waals surface area contributed by atoms with Crippen molar-refractivity contribution >= 4 is 5.97 Å². The highest BCUT2D eigenvalue weighted by Crippen LogP contribution is 2.17. The molecule has 0 unspecified atom stereocenters. The van der Waals surface area contributed by atoms with Crippen molar-refractivity contribution in [2.75, 3.05) is 6.61 Å². The van der Waals surface area contributed by atoms with Gasteiger partial charge in [0.25, 0.3) is 0 Å². The average molecular weight is 192 g/mol. The van der Waals surface area contributed by atoms with E-state index in [-0.39, 0.29) is 5.97 Å². The third kappa shape index (κ3) is 1.87. The molecule has 1 saturated heterocycles. The molecule has 3 heteroatoms. The lowest BCUT2D eigenvalue weighted by Gasteiger charge is -2.09. The number of carbonyl (C=O) groups excluding carboxylic acids is 1. The summed E-state index contributed by atoms with van der Waals surface area (Å²) in [4.78, 5) is 11.1. The Bertz CT molecular complexity index is 329. The van der Waals surface area contributed by atoms with Gasteiger partial charge in [0.15, 0.2) is 6.10 Å². The van der Waals surface area contributed by atoms with Crippen LogP contribution in [-0.4, -0.2) is 18.7 Å². The van der Waals surface area contributed by atoms with Gasteiger partial charge in [-0.1, -0.05) is 17.7 Å². The quantitative estimate of drug-likeness (QED) is 0.669. The summed E-state index contributed by atoms with van der Waals surface area (Å²) in [5.41, 5.74) is 1.17. The lowest BCUT2D eigenvalue weighted by molar-refractivity contribution is -0.143. The zero-order valence-electron chi connectivity index (χ0n) is 8.03. The normalized spacial score (nSPS) is 20.6. The van der Waals surface area contributed by atoms with Crippen molar-refractivity contribution in [2.45, 2.75) is 19.4 Å². The maximum Gasteiger partial charge on any atom is 0.347 e. The first-order valence-corrected chi connectivity index (χ1v) is 4.66. The van der Waals surface area contributed by atoms with Gasteiger partial charge < -0.3 is 9.47 Å². The minimum absolute atomic E-state index is 0.259. The molecule has 1 aromatic carbocycles. The van der Waals surface area contributed by atoms with Crippen LogP contribution in [0.2, 0.25) is 0 Å². The second-order valence-corrected chi connectivity index (χ2v) is 3.38. The topological polar surface area (TPSA) is 35.5 Å². The van der Waals surface area contributed by atoms with Gasteiger partial charge in [0, 0.05) is 6.42 Å². The standard InChI is InChI=1S/C11H12O3/c1-8-2-4-9(5-3-8)14-10-6-7-13-11(10)12/h2-5,10H,6-7H2,1H3/t10-/m0/s1. The first-order chi connectivity index (χ1) is 6.75. The van der Waals surface area contributed by atoms with E-state index >= 15 is 0 Å². The molecule has 1 aliphatic heterocycles. The predicted octanol–water partition coefficient (Wildman–Crippen LogP) is 1.69. The largest absolute Gasteiger partial charge is 0.479 e. The second-order valence-electron chi connectivity index (χ2n) is 3.38. The number of carbonyl (C=O) groups is 1. The minimum atomic E-state index is -0.419. The molecule has 0 aromatic heterocycles. The van der Waals surface area contributed by atoms with E-state index in [0.29, 0.717) is 13.0 Å². The smallest absolute Gasteiger partial charge is 0.347 e. The zero-order valence-corrected chi connectivity index (χ0v) is 8.03. The van der Waals surface area contributed by atoms with Crippen LogP contribution in [0.1, 0.15) is 12.0 Å². The number of aryl methyl sites for hydroxylation is 1. The van der Waals surface area contributed by atoms with Crippen molar-refractivity contribution in [3.05, 3.63) is 29.8 Å². The first-order valence-electron chi connectivity index (χ1n) is 4.66. The van der Waals surface area contributed by atoms with Crippen LogP contribution in [0.15, 0.2) is 24.3 Å². The van der Waals surface area contributed by atoms with E-state index in [1.165, 1.54) is 5.56 Å². The summed E-state index contributed by atoms with van der Waals surface area (Å²) < 4.78 is 10.3. The molecule has 1 fully saturated rings. The fraction of sp³-hybridized carbons (Fsp3) is 0.364. The van der Waals surface area contributed by atoms with E-state index in [9.17, 15) is 4.79 Å². The summed E-state index contributed by atoms with van der Waals surface area (Å²) in [6, 6.07) is 7.63. The Labute approximate surface area is 82.6 Å². The summed E-state index contributed by atoms with van der Waals surface area (Å²) >= 11 is 0. The molecular formula is C11H12O3. The molecule has 74 valence electrons. The summed E-state index contributed by atoms with van der Waals surface area (Å²) in [6.07, 6.45) is 0.227. The molecule has 3 nitrogen and oxygen atoms in total. The van der Waals surface area contributed by atoms with Crippen molar-refractivity contribution in [3.8, 4) is 5.75 Å².